The molecule has 1 N–H and O–H groups in total. The third kappa shape index (κ3) is 2.72. The molecule has 1 aromatic heterocycles. The van der Waals surface area contributed by atoms with Crippen LogP contribution in [0.15, 0.2) is 16.9 Å². The van der Waals surface area contributed by atoms with E-state index in [0.717, 1.165) is 24.0 Å². The van der Waals surface area contributed by atoms with Crippen LogP contribution < -0.4 is 0 Å². The van der Waals surface area contributed by atoms with Gasteiger partial charge in [0, 0.05) is 23.5 Å². The van der Waals surface area contributed by atoms with Gasteiger partial charge in [0.25, 0.3) is 0 Å². The first-order valence-corrected chi connectivity index (χ1v) is 12.4. The Morgan fingerprint density at radius 3 is 2.42 bits per heavy atom. The number of aliphatic hydroxyl groups excluding tert-OH is 1. The van der Waals surface area contributed by atoms with Gasteiger partial charge < -0.3 is 14.3 Å². The molecule has 172 valence electrons. The summed E-state index contributed by atoms with van der Waals surface area (Å²) in [6.07, 6.45) is 10.7. The molecule has 0 amide bonds. The summed E-state index contributed by atoms with van der Waals surface area (Å²) < 4.78 is 11.7. The van der Waals surface area contributed by atoms with Crippen molar-refractivity contribution in [2.75, 3.05) is 0 Å². The Morgan fingerprint density at radius 2 is 1.71 bits per heavy atom. The van der Waals surface area contributed by atoms with E-state index >= 15 is 0 Å². The van der Waals surface area contributed by atoms with Crippen molar-refractivity contribution in [1.29, 1.82) is 0 Å². The fourth-order valence-corrected chi connectivity index (χ4v) is 9.61. The fourth-order valence-electron chi connectivity index (χ4n) is 9.61. The van der Waals surface area contributed by atoms with Gasteiger partial charge in [-0.25, -0.2) is 0 Å². The third-order valence-corrected chi connectivity index (χ3v) is 10.9. The predicted molar refractivity (Wildman–Crippen MR) is 119 cm³/mol. The predicted octanol–water partition coefficient (Wildman–Crippen LogP) is 6.17. The van der Waals surface area contributed by atoms with Gasteiger partial charge >= 0.3 is 5.97 Å². The normalized spacial score (nSPS) is 48.0. The van der Waals surface area contributed by atoms with Gasteiger partial charge in [-0.1, -0.05) is 41.0 Å². The first-order valence-electron chi connectivity index (χ1n) is 12.4. The van der Waals surface area contributed by atoms with E-state index in [1.807, 2.05) is 6.26 Å². The Kier molecular flexibility index (Phi) is 4.60. The molecule has 5 rings (SSSR count). The highest BCUT2D eigenvalue weighted by atomic mass is 16.5. The lowest BCUT2D eigenvalue weighted by Gasteiger charge is -2.70. The second-order valence-electron chi connectivity index (χ2n) is 12.7. The molecule has 4 aliphatic carbocycles. The second-order valence-corrected chi connectivity index (χ2v) is 12.7. The molecular formula is C27H40O4. The molecule has 0 bridgehead atoms. The Morgan fingerprint density at radius 1 is 1.00 bits per heavy atom. The van der Waals surface area contributed by atoms with Gasteiger partial charge in [-0.05, 0) is 72.5 Å². The molecule has 4 nitrogen and oxygen atoms in total. The topological polar surface area (TPSA) is 59.7 Å². The van der Waals surface area contributed by atoms with Crippen LogP contribution in [-0.2, 0) is 14.9 Å². The largest absolute Gasteiger partial charge is 0.472 e. The number of rotatable bonds is 1. The van der Waals surface area contributed by atoms with E-state index in [0.29, 0.717) is 17.3 Å². The van der Waals surface area contributed by atoms with Crippen molar-refractivity contribution in [3.8, 4) is 0 Å². The maximum Gasteiger partial charge on any atom is 0.302 e. The molecular weight excluding hydrogens is 388 g/mol. The number of carbonyl (C=O) groups is 1. The van der Waals surface area contributed by atoms with E-state index in [2.05, 4.69) is 34.6 Å². The van der Waals surface area contributed by atoms with Gasteiger partial charge in [-0.3, -0.25) is 4.79 Å². The number of aliphatic hydroxyl groups is 1. The van der Waals surface area contributed by atoms with Gasteiger partial charge in [0.05, 0.1) is 18.6 Å². The van der Waals surface area contributed by atoms with Crippen LogP contribution in [0.2, 0.25) is 0 Å². The van der Waals surface area contributed by atoms with Crippen LogP contribution >= 0.6 is 0 Å². The molecule has 0 aliphatic heterocycles. The summed E-state index contributed by atoms with van der Waals surface area (Å²) >= 11 is 0. The highest BCUT2D eigenvalue weighted by molar-refractivity contribution is 5.66. The fraction of sp³-hybridized carbons (Fsp3) is 0.815. The Labute approximate surface area is 187 Å². The zero-order valence-electron chi connectivity index (χ0n) is 20.2. The van der Waals surface area contributed by atoms with E-state index in [4.69, 9.17) is 9.15 Å². The van der Waals surface area contributed by atoms with Crippen LogP contribution in [0.1, 0.15) is 104 Å². The summed E-state index contributed by atoms with van der Waals surface area (Å²) in [5, 5.41) is 11.1. The van der Waals surface area contributed by atoms with E-state index in [-0.39, 0.29) is 34.2 Å². The quantitative estimate of drug-likeness (QED) is 0.543. The molecule has 8 atom stereocenters. The number of hydrogen-bond donors (Lipinski definition) is 1. The smallest absolute Gasteiger partial charge is 0.302 e. The van der Waals surface area contributed by atoms with E-state index < -0.39 is 6.10 Å². The van der Waals surface area contributed by atoms with Crippen molar-refractivity contribution in [2.24, 2.45) is 34.0 Å². The number of furan rings is 1. The monoisotopic (exact) mass is 428 g/mol. The van der Waals surface area contributed by atoms with Crippen molar-refractivity contribution < 1.29 is 19.1 Å². The minimum atomic E-state index is -0.506. The number of carbonyl (C=O) groups excluding carboxylic acids is 1. The Balaban J connectivity index is 1.66. The lowest BCUT2D eigenvalue weighted by molar-refractivity contribution is -0.220. The summed E-state index contributed by atoms with van der Waals surface area (Å²) in [5.74, 6) is 1.24. The lowest BCUT2D eigenvalue weighted by atomic mass is 9.35. The van der Waals surface area contributed by atoms with Crippen molar-refractivity contribution in [3.63, 3.8) is 0 Å². The van der Waals surface area contributed by atoms with Gasteiger partial charge in [-0.15, -0.1) is 0 Å². The molecule has 0 saturated heterocycles. The molecule has 1 heterocycles. The van der Waals surface area contributed by atoms with Crippen molar-refractivity contribution in [1.82, 2.24) is 0 Å². The third-order valence-electron chi connectivity index (χ3n) is 10.9. The Hall–Kier alpha value is -1.29. The van der Waals surface area contributed by atoms with Gasteiger partial charge in [0.2, 0.25) is 0 Å². The lowest BCUT2D eigenvalue weighted by Crippen LogP contribution is -2.67. The van der Waals surface area contributed by atoms with Crippen molar-refractivity contribution >= 4 is 5.97 Å². The maximum atomic E-state index is 12.3. The highest BCUT2D eigenvalue weighted by Gasteiger charge is 2.68. The highest BCUT2D eigenvalue weighted by Crippen LogP contribution is 2.73. The molecule has 3 fully saturated rings. The molecule has 0 aromatic carbocycles. The molecule has 4 aliphatic rings. The minimum Gasteiger partial charge on any atom is -0.472 e. The summed E-state index contributed by atoms with van der Waals surface area (Å²) in [6, 6.07) is 0. The first kappa shape index (κ1) is 21.6. The Bertz CT molecular complexity index is 886. The second kappa shape index (κ2) is 6.62. The molecule has 3 saturated carbocycles. The maximum absolute atomic E-state index is 12.3. The molecule has 1 aromatic rings. The van der Waals surface area contributed by atoms with E-state index in [9.17, 15) is 9.90 Å². The van der Waals surface area contributed by atoms with Gasteiger partial charge in [-0.2, -0.15) is 0 Å². The molecule has 0 radical (unpaired) electrons. The zero-order valence-corrected chi connectivity index (χ0v) is 20.2. The number of ether oxygens (including phenoxy) is 1. The van der Waals surface area contributed by atoms with Crippen LogP contribution in [0, 0.1) is 34.0 Å². The van der Waals surface area contributed by atoms with Crippen LogP contribution in [0.3, 0.4) is 0 Å². The van der Waals surface area contributed by atoms with Crippen LogP contribution in [-0.4, -0.2) is 17.2 Å². The molecule has 31 heavy (non-hydrogen) atoms. The van der Waals surface area contributed by atoms with Crippen molar-refractivity contribution in [2.45, 2.75) is 104 Å². The molecule has 0 spiro atoms. The number of fused-ring (bicyclic) bond motifs is 7. The van der Waals surface area contributed by atoms with E-state index in [1.165, 1.54) is 39.0 Å². The zero-order chi connectivity index (χ0) is 22.4. The summed E-state index contributed by atoms with van der Waals surface area (Å²) in [6.45, 7) is 13.8. The number of hydrogen-bond acceptors (Lipinski definition) is 4. The van der Waals surface area contributed by atoms with Crippen LogP contribution in [0.4, 0.5) is 0 Å². The first-order chi connectivity index (χ1) is 14.4. The minimum absolute atomic E-state index is 0.111. The van der Waals surface area contributed by atoms with Gasteiger partial charge in [0.1, 0.15) is 6.10 Å². The van der Waals surface area contributed by atoms with Crippen molar-refractivity contribution in [3.05, 3.63) is 23.7 Å². The SMILES string of the molecule is CC(=O)O[C@H]1CC2[C@@]3(C)CCCC(C)(C)C3CC[C@@]2(C)C2C[C@H](O)c3cocc3[C@]21C. The summed E-state index contributed by atoms with van der Waals surface area (Å²) in [7, 11) is 0. The van der Waals surface area contributed by atoms with Gasteiger partial charge in [0.15, 0.2) is 0 Å². The van der Waals surface area contributed by atoms with Crippen LogP contribution in [0.25, 0.3) is 0 Å². The molecule has 4 heteroatoms. The summed E-state index contributed by atoms with van der Waals surface area (Å²) in [4.78, 5) is 12.3. The standard InChI is InChI=1S/C27H40O4/c1-16(28)31-23-13-21-25(4)10-7-9-24(2,3)20(25)8-11-26(21,5)22-12-19(29)17-14-30-15-18(17)27(22,23)6/h14-15,19-23,29H,7-13H2,1-6H3/t19-,20?,21?,22?,23-,25-,26+,27+/m0/s1. The van der Waals surface area contributed by atoms with Crippen LogP contribution in [0.5, 0.6) is 0 Å². The average molecular weight is 429 g/mol. The average Bonchev–Trinajstić information content (AvgIpc) is 3.16. The number of esters is 1. The summed E-state index contributed by atoms with van der Waals surface area (Å²) in [5.41, 5.74) is 2.33. The molecule has 3 unspecified atom stereocenters. The van der Waals surface area contributed by atoms with E-state index in [1.54, 1.807) is 6.26 Å².